The smallest absolute Gasteiger partial charge is 0.419 e. The predicted octanol–water partition coefficient (Wildman–Crippen LogP) is 2.83. The van der Waals surface area contributed by atoms with Crippen LogP contribution in [0.15, 0.2) is 24.4 Å². The molecule has 0 spiro atoms. The third-order valence-corrected chi connectivity index (χ3v) is 7.42. The van der Waals surface area contributed by atoms with E-state index < -0.39 is 11.7 Å². The Labute approximate surface area is 225 Å². The summed E-state index contributed by atoms with van der Waals surface area (Å²) < 4.78 is 51.4. The molecule has 13 heteroatoms. The van der Waals surface area contributed by atoms with Crippen LogP contribution >= 0.6 is 0 Å². The van der Waals surface area contributed by atoms with Gasteiger partial charge in [-0.1, -0.05) is 0 Å². The molecule has 39 heavy (non-hydrogen) atoms. The first-order chi connectivity index (χ1) is 18.8. The van der Waals surface area contributed by atoms with Crippen molar-refractivity contribution in [1.29, 1.82) is 0 Å². The lowest BCUT2D eigenvalue weighted by Crippen LogP contribution is -2.48. The van der Waals surface area contributed by atoms with Crippen molar-refractivity contribution in [2.24, 2.45) is 5.92 Å². The molecule has 3 aliphatic heterocycles. The van der Waals surface area contributed by atoms with E-state index in [-0.39, 0.29) is 17.7 Å². The van der Waals surface area contributed by atoms with Gasteiger partial charge in [0.05, 0.1) is 31.3 Å². The highest BCUT2D eigenvalue weighted by molar-refractivity contribution is 5.73. The summed E-state index contributed by atoms with van der Waals surface area (Å²) in [5.74, 6) is 1.86. The van der Waals surface area contributed by atoms with Gasteiger partial charge in [-0.25, -0.2) is 4.98 Å². The number of piperidine rings is 1. The summed E-state index contributed by atoms with van der Waals surface area (Å²) in [6.45, 7) is 7.87. The number of halogens is 3. The number of rotatable bonds is 6. The maximum Gasteiger partial charge on any atom is 0.419 e. The molecular weight excluding hydrogens is 515 g/mol. The predicted molar refractivity (Wildman–Crippen MR) is 140 cm³/mol. The fourth-order valence-electron chi connectivity index (χ4n) is 5.26. The minimum atomic E-state index is -4.46. The van der Waals surface area contributed by atoms with E-state index >= 15 is 0 Å². The van der Waals surface area contributed by atoms with Gasteiger partial charge < -0.3 is 29.1 Å². The fourth-order valence-corrected chi connectivity index (χ4v) is 5.26. The van der Waals surface area contributed by atoms with Gasteiger partial charge >= 0.3 is 12.1 Å². The summed E-state index contributed by atoms with van der Waals surface area (Å²) in [5.41, 5.74) is -0.719. The van der Waals surface area contributed by atoms with Gasteiger partial charge in [-0.2, -0.15) is 23.1 Å². The Morgan fingerprint density at radius 3 is 2.18 bits per heavy atom. The molecule has 5 heterocycles. The largest absolute Gasteiger partial charge is 0.466 e. The molecule has 0 saturated carbocycles. The van der Waals surface area contributed by atoms with E-state index in [0.717, 1.165) is 17.7 Å². The molecule has 0 aliphatic carbocycles. The molecule has 0 amide bonds. The van der Waals surface area contributed by atoms with Crippen LogP contribution in [0.5, 0.6) is 0 Å². The summed E-state index contributed by atoms with van der Waals surface area (Å²) in [4.78, 5) is 34.0. The second kappa shape index (κ2) is 11.8. The Morgan fingerprint density at radius 2 is 1.56 bits per heavy atom. The number of nitrogens with zero attached hydrogens (tertiary/aromatic N) is 7. The number of piperazine rings is 1. The van der Waals surface area contributed by atoms with E-state index in [4.69, 9.17) is 19.4 Å². The highest BCUT2D eigenvalue weighted by Crippen LogP contribution is 2.36. The second-order valence-corrected chi connectivity index (χ2v) is 9.84. The molecule has 0 unspecified atom stereocenters. The lowest BCUT2D eigenvalue weighted by Gasteiger charge is -2.38. The van der Waals surface area contributed by atoms with E-state index in [1.54, 1.807) is 4.90 Å². The molecule has 3 saturated heterocycles. The topological polar surface area (TPSA) is 87.2 Å². The second-order valence-electron chi connectivity index (χ2n) is 9.84. The molecule has 0 bridgehead atoms. The molecule has 5 rings (SSSR count). The maximum absolute atomic E-state index is 13.6. The third-order valence-electron chi connectivity index (χ3n) is 7.42. The molecule has 3 fully saturated rings. The van der Waals surface area contributed by atoms with Crippen LogP contribution in [-0.2, 0) is 20.4 Å². The number of hydrogen-bond acceptors (Lipinski definition) is 10. The van der Waals surface area contributed by atoms with Crippen molar-refractivity contribution >= 4 is 29.4 Å². The van der Waals surface area contributed by atoms with Gasteiger partial charge in [-0.05, 0) is 31.9 Å². The third kappa shape index (κ3) is 6.29. The first kappa shape index (κ1) is 27.2. The number of anilines is 4. The van der Waals surface area contributed by atoms with Crippen LogP contribution in [0.3, 0.4) is 0 Å². The Balaban J connectivity index is 1.33. The van der Waals surface area contributed by atoms with Gasteiger partial charge in [0.15, 0.2) is 0 Å². The normalized spacial score (nSPS) is 19.4. The molecule has 0 aromatic carbocycles. The van der Waals surface area contributed by atoms with Crippen LogP contribution in [0.2, 0.25) is 0 Å². The fraction of sp³-hybridized carbons (Fsp3) is 0.615. The van der Waals surface area contributed by atoms with E-state index in [1.807, 2.05) is 13.0 Å². The molecule has 0 N–H and O–H groups in total. The summed E-state index contributed by atoms with van der Waals surface area (Å²) in [6, 6.07) is 4.34. The lowest BCUT2D eigenvalue weighted by molar-refractivity contribution is -0.148. The van der Waals surface area contributed by atoms with E-state index in [1.165, 1.54) is 12.3 Å². The van der Waals surface area contributed by atoms with Gasteiger partial charge in [0, 0.05) is 64.6 Å². The molecule has 212 valence electrons. The van der Waals surface area contributed by atoms with E-state index in [0.29, 0.717) is 91.0 Å². The summed E-state index contributed by atoms with van der Waals surface area (Å²) in [6.07, 6.45) is -1.69. The Morgan fingerprint density at radius 1 is 0.949 bits per heavy atom. The Kier molecular flexibility index (Phi) is 8.24. The number of alkyl halides is 3. The van der Waals surface area contributed by atoms with Crippen LogP contribution in [0.4, 0.5) is 36.6 Å². The molecule has 0 atom stereocenters. The highest BCUT2D eigenvalue weighted by atomic mass is 19.4. The number of esters is 1. The van der Waals surface area contributed by atoms with Gasteiger partial charge in [0.25, 0.3) is 0 Å². The van der Waals surface area contributed by atoms with E-state index in [9.17, 15) is 18.0 Å². The number of hydrogen-bond donors (Lipinski definition) is 0. The average Bonchev–Trinajstić information content (AvgIpc) is 2.97. The van der Waals surface area contributed by atoms with Crippen molar-refractivity contribution in [3.8, 4) is 0 Å². The highest BCUT2D eigenvalue weighted by Gasteiger charge is 2.36. The summed E-state index contributed by atoms with van der Waals surface area (Å²) in [7, 11) is 0. The van der Waals surface area contributed by atoms with Gasteiger partial charge in [-0.15, -0.1) is 0 Å². The van der Waals surface area contributed by atoms with Crippen LogP contribution in [0.1, 0.15) is 25.3 Å². The summed E-state index contributed by atoms with van der Waals surface area (Å²) in [5, 5.41) is 0. The van der Waals surface area contributed by atoms with Crippen molar-refractivity contribution in [3.05, 3.63) is 30.0 Å². The first-order valence-corrected chi connectivity index (χ1v) is 13.5. The first-order valence-electron chi connectivity index (χ1n) is 13.5. The van der Waals surface area contributed by atoms with Gasteiger partial charge in [0.2, 0.25) is 5.95 Å². The average molecular weight is 550 g/mol. The van der Waals surface area contributed by atoms with Crippen molar-refractivity contribution in [2.45, 2.75) is 25.9 Å². The zero-order valence-electron chi connectivity index (χ0n) is 22.1. The molecule has 3 aliphatic rings. The Hall–Kier alpha value is -3.35. The molecule has 10 nitrogen and oxygen atoms in total. The maximum atomic E-state index is 13.6. The van der Waals surface area contributed by atoms with Crippen molar-refractivity contribution in [3.63, 3.8) is 0 Å². The zero-order valence-corrected chi connectivity index (χ0v) is 22.1. The molecule has 2 aromatic rings. The number of pyridine rings is 1. The number of carbonyl (C=O) groups is 1. The minimum absolute atomic E-state index is 0.0356. The quantitative estimate of drug-likeness (QED) is 0.502. The van der Waals surface area contributed by atoms with Gasteiger partial charge in [-0.3, -0.25) is 4.79 Å². The van der Waals surface area contributed by atoms with Crippen LogP contribution in [0.25, 0.3) is 0 Å². The number of aromatic nitrogens is 3. The minimum Gasteiger partial charge on any atom is -0.466 e. The van der Waals surface area contributed by atoms with Gasteiger partial charge in [0.1, 0.15) is 17.5 Å². The SMILES string of the molecule is CCOC(=O)C1CCN(c2cc(N3CCN(c4ncccc4C(F)(F)F)CC3)nc(N3CCOCC3)n2)CC1. The van der Waals surface area contributed by atoms with Crippen molar-refractivity contribution in [1.82, 2.24) is 15.0 Å². The van der Waals surface area contributed by atoms with Crippen LogP contribution in [-0.4, -0.2) is 93.1 Å². The number of carbonyl (C=O) groups excluding carboxylic acids is 1. The Bertz CT molecular complexity index is 1130. The standard InChI is InChI=1S/C26H34F3N7O3/c1-2-39-24(37)19-5-8-33(9-6-19)21-18-22(32-25(31-21)36-14-16-38-17-15-36)34-10-12-35(13-11-34)23-20(26(27,28)29)4-3-7-30-23/h3-4,7,18-19H,2,5-6,8-17H2,1H3. The van der Waals surface area contributed by atoms with Crippen molar-refractivity contribution < 1.29 is 27.4 Å². The van der Waals surface area contributed by atoms with E-state index in [2.05, 4.69) is 19.7 Å². The molecule has 0 radical (unpaired) electrons. The van der Waals surface area contributed by atoms with Crippen molar-refractivity contribution in [2.75, 3.05) is 91.8 Å². The number of ether oxygens (including phenoxy) is 2. The van der Waals surface area contributed by atoms with Crippen LogP contribution < -0.4 is 19.6 Å². The van der Waals surface area contributed by atoms with Crippen LogP contribution in [0, 0.1) is 5.92 Å². The number of morpholine rings is 1. The zero-order chi connectivity index (χ0) is 27.4. The lowest BCUT2D eigenvalue weighted by atomic mass is 9.97. The molecule has 2 aromatic heterocycles. The monoisotopic (exact) mass is 549 g/mol. The molecular formula is C26H34F3N7O3. The summed E-state index contributed by atoms with van der Waals surface area (Å²) >= 11 is 0.